The Morgan fingerprint density at radius 3 is 2.48 bits per heavy atom. The van der Waals surface area contributed by atoms with Crippen LogP contribution in [-0.4, -0.2) is 17.8 Å². The predicted molar refractivity (Wildman–Crippen MR) is 102 cm³/mol. The second-order valence-electron chi connectivity index (χ2n) is 6.46. The number of carbonyl (C=O) groups is 3. The SMILES string of the molecule is CCc1cccc2c1N(Cc1ccc(Cl)c(Cl)c1)C(=O)C21NC(=O)NC1=O. The molecule has 2 aliphatic heterocycles. The lowest BCUT2D eigenvalue weighted by Gasteiger charge is -2.22. The van der Waals surface area contributed by atoms with Crippen LogP contribution in [0.2, 0.25) is 10.0 Å². The molecule has 4 rings (SSSR count). The van der Waals surface area contributed by atoms with Gasteiger partial charge in [0.15, 0.2) is 0 Å². The highest BCUT2D eigenvalue weighted by molar-refractivity contribution is 6.42. The van der Waals surface area contributed by atoms with Crippen LogP contribution < -0.4 is 15.5 Å². The van der Waals surface area contributed by atoms with Gasteiger partial charge in [-0.15, -0.1) is 0 Å². The largest absolute Gasteiger partial charge is 0.323 e. The molecule has 27 heavy (non-hydrogen) atoms. The molecule has 0 aromatic heterocycles. The summed E-state index contributed by atoms with van der Waals surface area (Å²) in [5.41, 5.74) is 1.07. The zero-order valence-corrected chi connectivity index (χ0v) is 15.8. The molecule has 1 unspecified atom stereocenters. The molecule has 0 radical (unpaired) electrons. The number of aryl methyl sites for hydroxylation is 1. The summed E-state index contributed by atoms with van der Waals surface area (Å²) in [4.78, 5) is 39.3. The Bertz CT molecular complexity index is 1010. The number of anilines is 1. The maximum atomic E-state index is 13.4. The van der Waals surface area contributed by atoms with E-state index in [2.05, 4.69) is 10.6 Å². The van der Waals surface area contributed by atoms with Gasteiger partial charge in [-0.2, -0.15) is 0 Å². The van der Waals surface area contributed by atoms with Gasteiger partial charge in [-0.1, -0.05) is 54.4 Å². The number of fused-ring (bicyclic) bond motifs is 2. The predicted octanol–water partition coefficient (Wildman–Crippen LogP) is 3.14. The van der Waals surface area contributed by atoms with Gasteiger partial charge in [0.05, 0.1) is 22.3 Å². The lowest BCUT2D eigenvalue weighted by atomic mass is 9.90. The Morgan fingerprint density at radius 2 is 1.85 bits per heavy atom. The average Bonchev–Trinajstić information content (AvgIpc) is 3.07. The van der Waals surface area contributed by atoms with Crippen LogP contribution in [0.1, 0.15) is 23.6 Å². The van der Waals surface area contributed by atoms with Crippen LogP contribution >= 0.6 is 23.2 Å². The van der Waals surface area contributed by atoms with Gasteiger partial charge >= 0.3 is 6.03 Å². The topological polar surface area (TPSA) is 78.5 Å². The first kappa shape index (κ1) is 17.8. The molecular weight excluding hydrogens is 389 g/mol. The molecule has 6 nitrogen and oxygen atoms in total. The summed E-state index contributed by atoms with van der Waals surface area (Å²) in [5, 5.41) is 5.52. The number of hydrogen-bond acceptors (Lipinski definition) is 3. The molecule has 0 aliphatic carbocycles. The molecule has 2 aromatic carbocycles. The number of nitrogens with zero attached hydrogens (tertiary/aromatic N) is 1. The van der Waals surface area contributed by atoms with Gasteiger partial charge in [-0.3, -0.25) is 14.9 Å². The fourth-order valence-electron chi connectivity index (χ4n) is 3.68. The van der Waals surface area contributed by atoms with Gasteiger partial charge in [0.25, 0.3) is 11.8 Å². The van der Waals surface area contributed by atoms with E-state index in [0.717, 1.165) is 11.1 Å². The van der Waals surface area contributed by atoms with Crippen molar-refractivity contribution in [2.45, 2.75) is 25.4 Å². The van der Waals surface area contributed by atoms with E-state index in [0.29, 0.717) is 27.7 Å². The first-order valence-electron chi connectivity index (χ1n) is 8.40. The Hall–Kier alpha value is -2.57. The fourth-order valence-corrected chi connectivity index (χ4v) is 4.00. The lowest BCUT2D eigenvalue weighted by molar-refractivity contribution is -0.134. The minimum Gasteiger partial charge on any atom is -0.312 e. The second-order valence-corrected chi connectivity index (χ2v) is 7.28. The van der Waals surface area contributed by atoms with Crippen LogP contribution in [0, 0.1) is 0 Å². The Morgan fingerprint density at radius 1 is 1.07 bits per heavy atom. The molecule has 2 aliphatic rings. The number of halogens is 2. The highest BCUT2D eigenvalue weighted by atomic mass is 35.5. The molecule has 8 heteroatoms. The van der Waals surface area contributed by atoms with E-state index >= 15 is 0 Å². The maximum Gasteiger partial charge on any atom is 0.323 e. The minimum atomic E-state index is -1.73. The standard InChI is InChI=1S/C19H15Cl2N3O3/c1-2-11-4-3-5-12-15(11)24(9-10-6-7-13(20)14(21)8-10)17(26)19(12)16(25)22-18(27)23-19/h3-8H,2,9H2,1H3,(H2,22,23,25,27). The Balaban J connectivity index is 1.86. The highest BCUT2D eigenvalue weighted by Gasteiger charge is 2.61. The molecule has 138 valence electrons. The van der Waals surface area contributed by atoms with Gasteiger partial charge in [0, 0.05) is 5.56 Å². The van der Waals surface area contributed by atoms with Crippen LogP contribution in [0.3, 0.4) is 0 Å². The maximum absolute atomic E-state index is 13.4. The fraction of sp³-hybridized carbons (Fsp3) is 0.211. The van der Waals surface area contributed by atoms with E-state index in [-0.39, 0.29) is 6.54 Å². The van der Waals surface area contributed by atoms with Crippen molar-refractivity contribution in [3.8, 4) is 0 Å². The van der Waals surface area contributed by atoms with Crippen molar-refractivity contribution in [3.05, 3.63) is 63.1 Å². The number of nitrogens with one attached hydrogen (secondary N) is 2. The van der Waals surface area contributed by atoms with Crippen LogP contribution in [0.15, 0.2) is 36.4 Å². The number of benzene rings is 2. The van der Waals surface area contributed by atoms with Gasteiger partial charge in [-0.05, 0) is 29.7 Å². The first-order chi connectivity index (χ1) is 12.9. The van der Waals surface area contributed by atoms with Crippen molar-refractivity contribution in [3.63, 3.8) is 0 Å². The lowest BCUT2D eigenvalue weighted by Crippen LogP contribution is -2.52. The number of para-hydroxylation sites is 1. The molecule has 2 aromatic rings. The minimum absolute atomic E-state index is 0.199. The molecule has 0 saturated carbocycles. The monoisotopic (exact) mass is 403 g/mol. The molecule has 2 N–H and O–H groups in total. The van der Waals surface area contributed by atoms with Gasteiger partial charge in [0.1, 0.15) is 0 Å². The molecule has 2 heterocycles. The van der Waals surface area contributed by atoms with Crippen LogP contribution in [-0.2, 0) is 28.1 Å². The van der Waals surface area contributed by atoms with Gasteiger partial charge in [0.2, 0.25) is 5.54 Å². The zero-order valence-electron chi connectivity index (χ0n) is 14.3. The van der Waals surface area contributed by atoms with E-state index in [4.69, 9.17) is 23.2 Å². The normalized spacial score (nSPS) is 20.9. The molecule has 1 atom stereocenters. The summed E-state index contributed by atoms with van der Waals surface area (Å²) in [6.07, 6.45) is 0.667. The van der Waals surface area contributed by atoms with Crippen LogP contribution in [0.4, 0.5) is 10.5 Å². The Kier molecular flexibility index (Phi) is 4.13. The Labute approximate surface area is 165 Å². The number of carbonyl (C=O) groups excluding carboxylic acids is 3. The number of urea groups is 1. The summed E-state index contributed by atoms with van der Waals surface area (Å²) >= 11 is 12.1. The highest BCUT2D eigenvalue weighted by Crippen LogP contribution is 2.45. The first-order valence-corrected chi connectivity index (χ1v) is 9.16. The summed E-state index contributed by atoms with van der Waals surface area (Å²) < 4.78 is 0. The molecule has 1 saturated heterocycles. The van der Waals surface area contributed by atoms with E-state index in [1.54, 1.807) is 30.3 Å². The number of rotatable bonds is 3. The van der Waals surface area contributed by atoms with Crippen LogP contribution in [0.5, 0.6) is 0 Å². The summed E-state index contributed by atoms with van der Waals surface area (Å²) in [6, 6.07) is 9.82. The third kappa shape index (κ3) is 2.51. The van der Waals surface area contributed by atoms with Crippen molar-refractivity contribution < 1.29 is 14.4 Å². The third-order valence-electron chi connectivity index (χ3n) is 4.93. The number of hydrogen-bond donors (Lipinski definition) is 2. The number of imide groups is 1. The van der Waals surface area contributed by atoms with Crippen molar-refractivity contribution in [2.75, 3.05) is 4.90 Å². The molecule has 1 spiro atoms. The molecular formula is C19H15Cl2N3O3. The van der Waals surface area contributed by atoms with E-state index in [1.807, 2.05) is 13.0 Å². The van der Waals surface area contributed by atoms with E-state index in [9.17, 15) is 14.4 Å². The summed E-state index contributed by atoms with van der Waals surface area (Å²) in [5.74, 6) is -1.16. The summed E-state index contributed by atoms with van der Waals surface area (Å²) in [7, 11) is 0. The van der Waals surface area contributed by atoms with Crippen molar-refractivity contribution in [2.24, 2.45) is 0 Å². The van der Waals surface area contributed by atoms with E-state index in [1.165, 1.54) is 4.90 Å². The summed E-state index contributed by atoms with van der Waals surface area (Å²) in [6.45, 7) is 2.17. The molecule has 4 amide bonds. The van der Waals surface area contributed by atoms with Crippen molar-refractivity contribution >= 4 is 46.7 Å². The number of amides is 4. The van der Waals surface area contributed by atoms with Crippen LogP contribution in [0.25, 0.3) is 0 Å². The third-order valence-corrected chi connectivity index (χ3v) is 5.67. The molecule has 1 fully saturated rings. The second kappa shape index (κ2) is 6.25. The van der Waals surface area contributed by atoms with Gasteiger partial charge in [-0.25, -0.2) is 4.79 Å². The van der Waals surface area contributed by atoms with Crippen molar-refractivity contribution in [1.29, 1.82) is 0 Å². The van der Waals surface area contributed by atoms with E-state index < -0.39 is 23.4 Å². The van der Waals surface area contributed by atoms with Crippen molar-refractivity contribution in [1.82, 2.24) is 10.6 Å². The smallest absolute Gasteiger partial charge is 0.312 e. The quantitative estimate of drug-likeness (QED) is 0.610. The van der Waals surface area contributed by atoms with Gasteiger partial charge < -0.3 is 10.2 Å². The average molecular weight is 404 g/mol. The molecule has 0 bridgehead atoms. The zero-order chi connectivity index (χ0) is 19.3.